The first-order chi connectivity index (χ1) is 9.69. The van der Waals surface area contributed by atoms with Gasteiger partial charge in [-0.05, 0) is 36.8 Å². The molecule has 0 bridgehead atoms. The SMILES string of the molecule is COC(=O)N[C@@H](C)c1ccc(Oc2ccccc2)cc1. The van der Waals surface area contributed by atoms with Crippen molar-refractivity contribution in [2.45, 2.75) is 13.0 Å². The van der Waals surface area contributed by atoms with E-state index in [4.69, 9.17) is 4.74 Å². The Morgan fingerprint density at radius 1 is 1.00 bits per heavy atom. The molecule has 2 aromatic rings. The number of para-hydroxylation sites is 1. The van der Waals surface area contributed by atoms with Crippen LogP contribution in [0.1, 0.15) is 18.5 Å². The Hall–Kier alpha value is -2.49. The maximum Gasteiger partial charge on any atom is 0.407 e. The van der Waals surface area contributed by atoms with Gasteiger partial charge in [0.05, 0.1) is 13.2 Å². The molecule has 2 aromatic carbocycles. The first-order valence-electron chi connectivity index (χ1n) is 6.36. The Morgan fingerprint density at radius 3 is 2.20 bits per heavy atom. The van der Waals surface area contributed by atoms with Gasteiger partial charge < -0.3 is 14.8 Å². The lowest BCUT2D eigenvalue weighted by molar-refractivity contribution is 0.167. The van der Waals surface area contributed by atoms with Gasteiger partial charge in [-0.15, -0.1) is 0 Å². The number of benzene rings is 2. The Kier molecular flexibility index (Phi) is 4.60. The van der Waals surface area contributed by atoms with Crippen molar-refractivity contribution in [3.05, 3.63) is 60.2 Å². The number of hydrogen-bond donors (Lipinski definition) is 1. The second kappa shape index (κ2) is 6.61. The maximum absolute atomic E-state index is 11.1. The molecule has 0 saturated carbocycles. The van der Waals surface area contributed by atoms with E-state index in [0.717, 1.165) is 17.1 Å². The molecule has 1 amide bonds. The number of carbonyl (C=O) groups excluding carboxylic acids is 1. The third kappa shape index (κ3) is 3.75. The number of carbonyl (C=O) groups is 1. The molecule has 2 rings (SSSR count). The van der Waals surface area contributed by atoms with Gasteiger partial charge in [-0.1, -0.05) is 30.3 Å². The van der Waals surface area contributed by atoms with Gasteiger partial charge in [0.25, 0.3) is 0 Å². The number of amides is 1. The van der Waals surface area contributed by atoms with Crippen LogP contribution in [0.15, 0.2) is 54.6 Å². The minimum Gasteiger partial charge on any atom is -0.457 e. The van der Waals surface area contributed by atoms with Crippen LogP contribution < -0.4 is 10.1 Å². The van der Waals surface area contributed by atoms with Gasteiger partial charge in [-0.2, -0.15) is 0 Å². The van der Waals surface area contributed by atoms with Crippen molar-refractivity contribution in [3.63, 3.8) is 0 Å². The molecule has 0 aliphatic carbocycles. The molecule has 0 spiro atoms. The first-order valence-corrected chi connectivity index (χ1v) is 6.36. The molecule has 4 heteroatoms. The average Bonchev–Trinajstić information content (AvgIpc) is 2.49. The summed E-state index contributed by atoms with van der Waals surface area (Å²) in [6.45, 7) is 1.89. The predicted octanol–water partition coefficient (Wildman–Crippen LogP) is 3.90. The molecular weight excluding hydrogens is 254 g/mol. The maximum atomic E-state index is 11.1. The molecule has 1 N–H and O–H groups in total. The van der Waals surface area contributed by atoms with Crippen molar-refractivity contribution in [1.82, 2.24) is 5.32 Å². The van der Waals surface area contributed by atoms with Crippen molar-refractivity contribution >= 4 is 6.09 Å². The van der Waals surface area contributed by atoms with Crippen LogP contribution in [0.25, 0.3) is 0 Å². The molecule has 4 nitrogen and oxygen atoms in total. The molecule has 0 unspecified atom stereocenters. The quantitative estimate of drug-likeness (QED) is 0.917. The molecule has 0 saturated heterocycles. The summed E-state index contributed by atoms with van der Waals surface area (Å²) in [7, 11) is 1.35. The highest BCUT2D eigenvalue weighted by atomic mass is 16.5. The minimum absolute atomic E-state index is 0.117. The van der Waals surface area contributed by atoms with Crippen molar-refractivity contribution < 1.29 is 14.3 Å². The summed E-state index contributed by atoms with van der Waals surface area (Å²) in [5.74, 6) is 1.55. The number of ether oxygens (including phenoxy) is 2. The first kappa shape index (κ1) is 13.9. The molecule has 0 heterocycles. The zero-order valence-electron chi connectivity index (χ0n) is 11.5. The second-order valence-electron chi connectivity index (χ2n) is 4.34. The smallest absolute Gasteiger partial charge is 0.407 e. The highest BCUT2D eigenvalue weighted by molar-refractivity contribution is 5.67. The number of methoxy groups -OCH3 is 1. The molecule has 0 radical (unpaired) electrons. The van der Waals surface area contributed by atoms with Crippen molar-refractivity contribution in [2.75, 3.05) is 7.11 Å². The van der Waals surface area contributed by atoms with Gasteiger partial charge in [0.1, 0.15) is 11.5 Å². The van der Waals surface area contributed by atoms with E-state index in [1.807, 2.05) is 61.5 Å². The average molecular weight is 271 g/mol. The third-order valence-corrected chi connectivity index (χ3v) is 2.88. The van der Waals surface area contributed by atoms with Crippen LogP contribution in [0.4, 0.5) is 4.79 Å². The zero-order valence-corrected chi connectivity index (χ0v) is 11.5. The lowest BCUT2D eigenvalue weighted by atomic mass is 10.1. The number of rotatable bonds is 4. The van der Waals surface area contributed by atoms with Gasteiger partial charge in [0, 0.05) is 0 Å². The van der Waals surface area contributed by atoms with Gasteiger partial charge in [-0.25, -0.2) is 4.79 Å². The summed E-state index contributed by atoms with van der Waals surface area (Å²) in [5, 5.41) is 2.71. The highest BCUT2D eigenvalue weighted by Gasteiger charge is 2.09. The Labute approximate surface area is 118 Å². The molecule has 0 aliphatic rings. The Bertz CT molecular complexity index is 552. The largest absolute Gasteiger partial charge is 0.457 e. The van der Waals surface area contributed by atoms with Crippen LogP contribution in [-0.4, -0.2) is 13.2 Å². The van der Waals surface area contributed by atoms with E-state index in [2.05, 4.69) is 10.1 Å². The van der Waals surface area contributed by atoms with Crippen LogP contribution in [0.3, 0.4) is 0 Å². The van der Waals surface area contributed by atoms with Gasteiger partial charge in [-0.3, -0.25) is 0 Å². The molecule has 0 aliphatic heterocycles. The van der Waals surface area contributed by atoms with E-state index in [9.17, 15) is 4.79 Å². The number of nitrogens with one attached hydrogen (secondary N) is 1. The van der Waals surface area contributed by atoms with Crippen LogP contribution in [0.2, 0.25) is 0 Å². The molecule has 0 fully saturated rings. The zero-order chi connectivity index (χ0) is 14.4. The van der Waals surface area contributed by atoms with Crippen molar-refractivity contribution in [2.24, 2.45) is 0 Å². The lowest BCUT2D eigenvalue weighted by Crippen LogP contribution is -2.26. The molecule has 1 atom stereocenters. The fourth-order valence-corrected chi connectivity index (χ4v) is 1.77. The van der Waals surface area contributed by atoms with E-state index in [1.165, 1.54) is 7.11 Å². The standard InChI is InChI=1S/C16H17NO3/c1-12(17-16(18)19-2)13-8-10-15(11-9-13)20-14-6-4-3-5-7-14/h3-12H,1-2H3,(H,17,18)/t12-/m0/s1. The van der Waals surface area contributed by atoms with E-state index in [0.29, 0.717) is 0 Å². The van der Waals surface area contributed by atoms with Gasteiger partial charge in [0.15, 0.2) is 0 Å². The summed E-state index contributed by atoms with van der Waals surface area (Å²) in [6.07, 6.45) is -0.442. The second-order valence-corrected chi connectivity index (χ2v) is 4.34. The highest BCUT2D eigenvalue weighted by Crippen LogP contribution is 2.23. The summed E-state index contributed by atoms with van der Waals surface area (Å²) in [4.78, 5) is 11.1. The van der Waals surface area contributed by atoms with E-state index in [1.54, 1.807) is 0 Å². The summed E-state index contributed by atoms with van der Waals surface area (Å²) < 4.78 is 10.3. The lowest BCUT2D eigenvalue weighted by Gasteiger charge is -2.14. The van der Waals surface area contributed by atoms with Gasteiger partial charge >= 0.3 is 6.09 Å². The molecule has 0 aromatic heterocycles. The van der Waals surface area contributed by atoms with Crippen molar-refractivity contribution in [1.29, 1.82) is 0 Å². The summed E-state index contributed by atoms with van der Waals surface area (Å²) >= 11 is 0. The number of alkyl carbamates (subject to hydrolysis) is 1. The number of hydrogen-bond acceptors (Lipinski definition) is 3. The minimum atomic E-state index is -0.442. The fourth-order valence-electron chi connectivity index (χ4n) is 1.77. The summed E-state index contributed by atoms with van der Waals surface area (Å²) in [5.41, 5.74) is 0.982. The molecular formula is C16H17NO3. The molecule has 20 heavy (non-hydrogen) atoms. The third-order valence-electron chi connectivity index (χ3n) is 2.88. The van der Waals surface area contributed by atoms with E-state index >= 15 is 0 Å². The monoisotopic (exact) mass is 271 g/mol. The van der Waals surface area contributed by atoms with Crippen LogP contribution in [0, 0.1) is 0 Å². The van der Waals surface area contributed by atoms with Gasteiger partial charge in [0.2, 0.25) is 0 Å². The predicted molar refractivity (Wildman–Crippen MR) is 76.9 cm³/mol. The fraction of sp³-hybridized carbons (Fsp3) is 0.188. The van der Waals surface area contributed by atoms with Crippen molar-refractivity contribution in [3.8, 4) is 11.5 Å². The van der Waals surface area contributed by atoms with Crippen LogP contribution >= 0.6 is 0 Å². The molecule has 104 valence electrons. The summed E-state index contributed by atoms with van der Waals surface area (Å²) in [6, 6.07) is 17.0. The Morgan fingerprint density at radius 2 is 1.60 bits per heavy atom. The topological polar surface area (TPSA) is 47.6 Å². The normalized spacial score (nSPS) is 11.5. The van der Waals surface area contributed by atoms with E-state index in [-0.39, 0.29) is 6.04 Å². The van der Waals surface area contributed by atoms with Crippen LogP contribution in [0.5, 0.6) is 11.5 Å². The van der Waals surface area contributed by atoms with Crippen LogP contribution in [-0.2, 0) is 4.74 Å². The van der Waals surface area contributed by atoms with E-state index < -0.39 is 6.09 Å². The Balaban J connectivity index is 2.01.